The van der Waals surface area contributed by atoms with E-state index in [2.05, 4.69) is 5.32 Å². The minimum atomic E-state index is -0.507. The van der Waals surface area contributed by atoms with Crippen molar-refractivity contribution >= 4 is 29.2 Å². The van der Waals surface area contributed by atoms with Crippen LogP contribution in [0.4, 0.5) is 11.4 Å². The van der Waals surface area contributed by atoms with Gasteiger partial charge < -0.3 is 15.0 Å². The van der Waals surface area contributed by atoms with Gasteiger partial charge in [0, 0.05) is 6.92 Å². The number of hydrogen-bond donors (Lipinski definition) is 1. The highest BCUT2D eigenvalue weighted by molar-refractivity contribution is 6.05. The first-order valence-corrected chi connectivity index (χ1v) is 9.69. The number of carbonyl (C=O) groups excluding carboxylic acids is 3. The molecule has 0 aliphatic carbocycles. The number of benzene rings is 2. The van der Waals surface area contributed by atoms with Crippen LogP contribution in [0.1, 0.15) is 55.1 Å². The van der Waals surface area contributed by atoms with Crippen molar-refractivity contribution in [2.24, 2.45) is 0 Å². The standard InChI is InChI=1S/C23H28N2O4/c1-6-29-23(28)19-11-7-8-13-20(19)24-21(27)14-25(17(5)26)22-16(4)10-9-12-18(22)15(2)3/h7-13,15H,6,14H2,1-5H3,(H,24,27). The molecule has 6 nitrogen and oxygen atoms in total. The van der Waals surface area contributed by atoms with Gasteiger partial charge in [-0.1, -0.05) is 44.2 Å². The smallest absolute Gasteiger partial charge is 0.340 e. The maximum absolute atomic E-state index is 12.8. The molecule has 1 N–H and O–H groups in total. The van der Waals surface area contributed by atoms with Crippen molar-refractivity contribution in [2.75, 3.05) is 23.4 Å². The van der Waals surface area contributed by atoms with E-state index in [1.807, 2.05) is 39.0 Å². The maximum atomic E-state index is 12.8. The van der Waals surface area contributed by atoms with Crippen LogP contribution in [0.15, 0.2) is 42.5 Å². The molecular formula is C23H28N2O4. The first-order valence-electron chi connectivity index (χ1n) is 9.69. The van der Waals surface area contributed by atoms with E-state index in [1.54, 1.807) is 31.2 Å². The number of carbonyl (C=O) groups is 3. The van der Waals surface area contributed by atoms with Gasteiger partial charge in [-0.2, -0.15) is 0 Å². The monoisotopic (exact) mass is 396 g/mol. The second-order valence-electron chi connectivity index (χ2n) is 7.09. The molecular weight excluding hydrogens is 368 g/mol. The molecule has 0 bridgehead atoms. The van der Waals surface area contributed by atoms with E-state index in [-0.39, 0.29) is 30.5 Å². The summed E-state index contributed by atoms with van der Waals surface area (Å²) in [5.41, 5.74) is 3.30. The Morgan fingerprint density at radius 1 is 1.07 bits per heavy atom. The van der Waals surface area contributed by atoms with E-state index < -0.39 is 11.9 Å². The zero-order valence-electron chi connectivity index (χ0n) is 17.6. The minimum Gasteiger partial charge on any atom is -0.462 e. The minimum absolute atomic E-state index is 0.156. The second kappa shape index (κ2) is 9.87. The molecule has 6 heteroatoms. The van der Waals surface area contributed by atoms with Gasteiger partial charge in [0.05, 0.1) is 23.5 Å². The number of para-hydroxylation sites is 2. The summed E-state index contributed by atoms with van der Waals surface area (Å²) in [7, 11) is 0. The van der Waals surface area contributed by atoms with Crippen LogP contribution in [0.5, 0.6) is 0 Å². The summed E-state index contributed by atoms with van der Waals surface area (Å²) in [4.78, 5) is 38.8. The van der Waals surface area contributed by atoms with Gasteiger partial charge in [-0.15, -0.1) is 0 Å². The number of amides is 2. The molecule has 0 fully saturated rings. The highest BCUT2D eigenvalue weighted by atomic mass is 16.5. The lowest BCUT2D eigenvalue weighted by molar-refractivity contribution is -0.120. The van der Waals surface area contributed by atoms with Gasteiger partial charge in [0.1, 0.15) is 6.54 Å². The molecule has 0 unspecified atom stereocenters. The number of hydrogen-bond acceptors (Lipinski definition) is 4. The summed E-state index contributed by atoms with van der Waals surface area (Å²) in [6.07, 6.45) is 0. The zero-order valence-corrected chi connectivity index (χ0v) is 17.6. The highest BCUT2D eigenvalue weighted by Crippen LogP contribution is 2.31. The second-order valence-corrected chi connectivity index (χ2v) is 7.09. The number of ether oxygens (including phenoxy) is 1. The fraction of sp³-hybridized carbons (Fsp3) is 0.348. The molecule has 0 saturated heterocycles. The average Bonchev–Trinajstić information content (AvgIpc) is 2.66. The summed E-state index contributed by atoms with van der Waals surface area (Å²) >= 11 is 0. The van der Waals surface area contributed by atoms with E-state index >= 15 is 0 Å². The van der Waals surface area contributed by atoms with Crippen LogP contribution in [0.3, 0.4) is 0 Å². The predicted molar refractivity (Wildman–Crippen MR) is 114 cm³/mol. The van der Waals surface area contributed by atoms with Crippen LogP contribution in [-0.4, -0.2) is 30.9 Å². The predicted octanol–water partition coefficient (Wildman–Crippen LogP) is 4.29. The number of nitrogens with one attached hydrogen (secondary N) is 1. The molecule has 154 valence electrons. The Balaban J connectivity index is 2.30. The molecule has 2 aromatic rings. The van der Waals surface area contributed by atoms with Crippen molar-refractivity contribution in [3.63, 3.8) is 0 Å². The van der Waals surface area contributed by atoms with Gasteiger partial charge in [0.25, 0.3) is 0 Å². The number of esters is 1. The third kappa shape index (κ3) is 5.44. The van der Waals surface area contributed by atoms with Crippen molar-refractivity contribution < 1.29 is 19.1 Å². The van der Waals surface area contributed by atoms with Crippen LogP contribution in [-0.2, 0) is 14.3 Å². The molecule has 0 aliphatic rings. The van der Waals surface area contributed by atoms with Gasteiger partial charge in [0.2, 0.25) is 11.8 Å². The first kappa shape index (κ1) is 22.1. The van der Waals surface area contributed by atoms with Crippen LogP contribution in [0, 0.1) is 6.92 Å². The van der Waals surface area contributed by atoms with Gasteiger partial charge in [-0.3, -0.25) is 9.59 Å². The third-order valence-corrected chi connectivity index (χ3v) is 4.54. The number of rotatable bonds is 7. The Labute approximate surface area is 171 Å². The van der Waals surface area contributed by atoms with Crippen LogP contribution in [0.25, 0.3) is 0 Å². The Kier molecular flexibility index (Phi) is 7.53. The van der Waals surface area contributed by atoms with E-state index in [4.69, 9.17) is 4.74 Å². The largest absolute Gasteiger partial charge is 0.462 e. The number of nitrogens with zero attached hydrogens (tertiary/aromatic N) is 1. The van der Waals surface area contributed by atoms with Gasteiger partial charge in [0.15, 0.2) is 0 Å². The van der Waals surface area contributed by atoms with Crippen molar-refractivity contribution in [2.45, 2.75) is 40.5 Å². The van der Waals surface area contributed by atoms with Gasteiger partial charge in [-0.25, -0.2) is 4.79 Å². The van der Waals surface area contributed by atoms with Crippen molar-refractivity contribution in [1.82, 2.24) is 0 Å². The molecule has 0 atom stereocenters. The summed E-state index contributed by atoms with van der Waals surface area (Å²) in [5, 5.41) is 2.74. The highest BCUT2D eigenvalue weighted by Gasteiger charge is 2.22. The van der Waals surface area contributed by atoms with Crippen LogP contribution < -0.4 is 10.2 Å². The van der Waals surface area contributed by atoms with Crippen molar-refractivity contribution in [1.29, 1.82) is 0 Å². The summed E-state index contributed by atoms with van der Waals surface area (Å²) < 4.78 is 5.04. The Morgan fingerprint density at radius 3 is 2.38 bits per heavy atom. The summed E-state index contributed by atoms with van der Waals surface area (Å²) in [6.45, 7) is 9.26. The lowest BCUT2D eigenvalue weighted by Gasteiger charge is -2.27. The van der Waals surface area contributed by atoms with Crippen LogP contribution >= 0.6 is 0 Å². The molecule has 2 amide bonds. The average molecular weight is 396 g/mol. The van der Waals surface area contributed by atoms with Crippen molar-refractivity contribution in [3.8, 4) is 0 Å². The molecule has 29 heavy (non-hydrogen) atoms. The van der Waals surface area contributed by atoms with E-state index in [0.29, 0.717) is 5.69 Å². The number of anilines is 2. The topological polar surface area (TPSA) is 75.7 Å². The Morgan fingerprint density at radius 2 is 1.76 bits per heavy atom. The first-order chi connectivity index (χ1) is 13.8. The SMILES string of the molecule is CCOC(=O)c1ccccc1NC(=O)CN(C(C)=O)c1c(C)cccc1C(C)C. The molecule has 0 spiro atoms. The number of aryl methyl sites for hydroxylation is 1. The molecule has 0 radical (unpaired) electrons. The van der Waals surface area contributed by atoms with Crippen molar-refractivity contribution in [3.05, 3.63) is 59.2 Å². The van der Waals surface area contributed by atoms with Gasteiger partial charge >= 0.3 is 5.97 Å². The molecule has 0 aromatic heterocycles. The molecule has 2 aromatic carbocycles. The fourth-order valence-corrected chi connectivity index (χ4v) is 3.18. The third-order valence-electron chi connectivity index (χ3n) is 4.54. The van der Waals surface area contributed by atoms with Gasteiger partial charge in [-0.05, 0) is 43.0 Å². The van der Waals surface area contributed by atoms with E-state index in [0.717, 1.165) is 16.8 Å². The lowest BCUT2D eigenvalue weighted by Crippen LogP contribution is -2.38. The molecule has 0 aliphatic heterocycles. The zero-order chi connectivity index (χ0) is 21.6. The van der Waals surface area contributed by atoms with E-state index in [9.17, 15) is 14.4 Å². The lowest BCUT2D eigenvalue weighted by atomic mass is 9.97. The Hall–Kier alpha value is -3.15. The summed E-state index contributed by atoms with van der Waals surface area (Å²) in [5.74, 6) is -0.933. The van der Waals surface area contributed by atoms with Crippen LogP contribution in [0.2, 0.25) is 0 Å². The maximum Gasteiger partial charge on any atom is 0.340 e. The van der Waals surface area contributed by atoms with E-state index in [1.165, 1.54) is 11.8 Å². The summed E-state index contributed by atoms with van der Waals surface area (Å²) in [6, 6.07) is 12.5. The molecule has 0 saturated carbocycles. The quantitative estimate of drug-likeness (QED) is 0.709. The molecule has 0 heterocycles. The Bertz CT molecular complexity index is 906. The normalized spacial score (nSPS) is 10.6. The fourth-order valence-electron chi connectivity index (χ4n) is 3.18. The molecule has 2 rings (SSSR count).